The van der Waals surface area contributed by atoms with Gasteiger partial charge in [-0.05, 0) is 67.9 Å². The molecule has 0 heterocycles. The van der Waals surface area contributed by atoms with E-state index in [2.05, 4.69) is 10.0 Å². The number of hydrogen-bond acceptors (Lipinski definition) is 4. The molecule has 0 atom stereocenters. The van der Waals surface area contributed by atoms with Gasteiger partial charge in [-0.15, -0.1) is 0 Å². The van der Waals surface area contributed by atoms with Crippen LogP contribution in [-0.2, 0) is 10.0 Å². The van der Waals surface area contributed by atoms with Gasteiger partial charge in [0.15, 0.2) is 0 Å². The molecular formula is C22H19F2N3O4S. The molecule has 3 aromatic carbocycles. The van der Waals surface area contributed by atoms with Crippen LogP contribution in [-0.4, -0.2) is 20.2 Å². The summed E-state index contributed by atoms with van der Waals surface area (Å²) in [5.74, 6) is -2.82. The molecule has 0 aliphatic carbocycles. The SMILES string of the molecule is Cc1ccc(S(=O)(=O)Nc2ccc(F)cc2)cc1C(=O)Nc1cc(C(N)=O)cc(F)c1C. The van der Waals surface area contributed by atoms with Gasteiger partial charge in [-0.25, -0.2) is 17.2 Å². The van der Waals surface area contributed by atoms with E-state index in [9.17, 15) is 26.8 Å². The molecule has 0 radical (unpaired) electrons. The molecule has 3 rings (SSSR count). The van der Waals surface area contributed by atoms with Crippen LogP contribution in [0.15, 0.2) is 59.5 Å². The minimum absolute atomic E-state index is 0.0243. The highest BCUT2D eigenvalue weighted by molar-refractivity contribution is 7.92. The van der Waals surface area contributed by atoms with E-state index in [-0.39, 0.29) is 33.0 Å². The Hall–Kier alpha value is -3.79. The Morgan fingerprint density at radius 2 is 1.59 bits per heavy atom. The molecule has 0 aliphatic rings. The minimum atomic E-state index is -4.08. The zero-order valence-corrected chi connectivity index (χ0v) is 17.9. The molecule has 0 aliphatic heterocycles. The molecule has 166 valence electrons. The molecule has 3 aromatic rings. The summed E-state index contributed by atoms with van der Waals surface area (Å²) in [5, 5.41) is 2.49. The first-order valence-electron chi connectivity index (χ1n) is 9.28. The average molecular weight is 459 g/mol. The molecule has 32 heavy (non-hydrogen) atoms. The Bertz CT molecular complexity index is 1320. The lowest BCUT2D eigenvalue weighted by Gasteiger charge is -2.14. The summed E-state index contributed by atoms with van der Waals surface area (Å²) < 4.78 is 54.9. The number of nitrogens with two attached hydrogens (primary N) is 1. The van der Waals surface area contributed by atoms with Crippen molar-refractivity contribution in [1.82, 2.24) is 0 Å². The van der Waals surface area contributed by atoms with Crippen LogP contribution in [0.25, 0.3) is 0 Å². The van der Waals surface area contributed by atoms with Gasteiger partial charge in [0.1, 0.15) is 11.6 Å². The molecule has 0 saturated carbocycles. The summed E-state index contributed by atoms with van der Waals surface area (Å²) in [4.78, 5) is 24.0. The highest BCUT2D eigenvalue weighted by atomic mass is 32.2. The van der Waals surface area contributed by atoms with Gasteiger partial charge >= 0.3 is 0 Å². The fourth-order valence-electron chi connectivity index (χ4n) is 2.89. The number of benzene rings is 3. The number of carbonyl (C=O) groups excluding carboxylic acids is 2. The van der Waals surface area contributed by atoms with Gasteiger partial charge in [0.05, 0.1) is 4.90 Å². The van der Waals surface area contributed by atoms with Crippen molar-refractivity contribution in [3.8, 4) is 0 Å². The van der Waals surface area contributed by atoms with Crippen molar-refractivity contribution in [2.24, 2.45) is 5.73 Å². The molecule has 0 fully saturated rings. The Morgan fingerprint density at radius 3 is 2.22 bits per heavy atom. The normalized spacial score (nSPS) is 11.1. The molecule has 10 heteroatoms. The zero-order chi connectivity index (χ0) is 23.6. The number of rotatable bonds is 6. The van der Waals surface area contributed by atoms with Gasteiger partial charge in [-0.3, -0.25) is 14.3 Å². The first-order chi connectivity index (χ1) is 15.0. The van der Waals surface area contributed by atoms with Gasteiger partial charge in [-0.1, -0.05) is 6.07 Å². The lowest BCUT2D eigenvalue weighted by atomic mass is 10.1. The maximum Gasteiger partial charge on any atom is 0.261 e. The first-order valence-corrected chi connectivity index (χ1v) is 10.8. The van der Waals surface area contributed by atoms with E-state index in [1.165, 1.54) is 43.3 Å². The van der Waals surface area contributed by atoms with Crippen molar-refractivity contribution >= 4 is 33.2 Å². The van der Waals surface area contributed by atoms with Crippen molar-refractivity contribution in [2.75, 3.05) is 10.0 Å². The quantitative estimate of drug-likeness (QED) is 0.520. The van der Waals surface area contributed by atoms with E-state index in [1.54, 1.807) is 6.92 Å². The van der Waals surface area contributed by atoms with E-state index >= 15 is 0 Å². The number of primary amides is 1. The number of amides is 2. The third kappa shape index (κ3) is 4.92. The third-order valence-electron chi connectivity index (χ3n) is 4.74. The fourth-order valence-corrected chi connectivity index (χ4v) is 3.97. The lowest BCUT2D eigenvalue weighted by Crippen LogP contribution is -2.18. The second-order valence-corrected chi connectivity index (χ2v) is 8.72. The van der Waals surface area contributed by atoms with Crippen LogP contribution in [0.1, 0.15) is 31.8 Å². The highest BCUT2D eigenvalue weighted by Crippen LogP contribution is 2.24. The van der Waals surface area contributed by atoms with Gasteiger partial charge in [0.25, 0.3) is 15.9 Å². The second-order valence-electron chi connectivity index (χ2n) is 7.04. The maximum atomic E-state index is 14.1. The molecule has 0 unspecified atom stereocenters. The molecule has 2 amide bonds. The number of aryl methyl sites for hydroxylation is 1. The number of halogens is 2. The Kier molecular flexibility index (Phi) is 6.26. The number of carbonyl (C=O) groups is 2. The topological polar surface area (TPSA) is 118 Å². The van der Waals surface area contributed by atoms with E-state index < -0.39 is 33.5 Å². The van der Waals surface area contributed by atoms with Crippen LogP contribution in [0.5, 0.6) is 0 Å². The van der Waals surface area contributed by atoms with Crippen molar-refractivity contribution in [1.29, 1.82) is 0 Å². The zero-order valence-electron chi connectivity index (χ0n) is 17.1. The van der Waals surface area contributed by atoms with Crippen LogP contribution in [0.3, 0.4) is 0 Å². The van der Waals surface area contributed by atoms with Crippen molar-refractivity contribution in [3.05, 3.63) is 88.5 Å². The van der Waals surface area contributed by atoms with Crippen LogP contribution < -0.4 is 15.8 Å². The van der Waals surface area contributed by atoms with E-state index in [0.717, 1.165) is 18.2 Å². The predicted octanol–water partition coefficient (Wildman–Crippen LogP) is 3.73. The van der Waals surface area contributed by atoms with Gasteiger partial charge in [-0.2, -0.15) is 0 Å². The van der Waals surface area contributed by atoms with Crippen LogP contribution in [0, 0.1) is 25.5 Å². The molecule has 0 saturated heterocycles. The number of nitrogens with one attached hydrogen (secondary N) is 2. The van der Waals surface area contributed by atoms with Crippen molar-refractivity contribution in [2.45, 2.75) is 18.7 Å². The molecule has 7 nitrogen and oxygen atoms in total. The minimum Gasteiger partial charge on any atom is -0.366 e. The highest BCUT2D eigenvalue weighted by Gasteiger charge is 2.20. The summed E-state index contributed by atoms with van der Waals surface area (Å²) in [6.07, 6.45) is 0. The largest absolute Gasteiger partial charge is 0.366 e. The summed E-state index contributed by atoms with van der Waals surface area (Å²) in [7, 11) is -4.08. The standard InChI is InChI=1S/C22H19F2N3O4S/c1-12-3-8-17(32(30,31)27-16-6-4-15(23)5-7-16)11-18(12)22(29)26-20-10-14(21(25)28)9-19(24)13(20)2/h3-11,27H,1-2H3,(H2,25,28)(H,26,29). The summed E-state index contributed by atoms with van der Waals surface area (Å²) in [6.45, 7) is 3.02. The molecule has 0 spiro atoms. The van der Waals surface area contributed by atoms with E-state index in [4.69, 9.17) is 5.73 Å². The maximum absolute atomic E-state index is 14.1. The smallest absolute Gasteiger partial charge is 0.261 e. The number of sulfonamides is 1. The fraction of sp³-hybridized carbons (Fsp3) is 0.0909. The predicted molar refractivity (Wildman–Crippen MR) is 116 cm³/mol. The van der Waals surface area contributed by atoms with Gasteiger partial charge in [0.2, 0.25) is 5.91 Å². The summed E-state index contributed by atoms with van der Waals surface area (Å²) in [6, 6.07) is 10.9. The Balaban J connectivity index is 1.93. The monoisotopic (exact) mass is 459 g/mol. The number of hydrogen-bond donors (Lipinski definition) is 3. The van der Waals surface area contributed by atoms with Crippen LogP contribution in [0.4, 0.5) is 20.2 Å². The van der Waals surface area contributed by atoms with E-state index in [1.807, 2.05) is 0 Å². The van der Waals surface area contributed by atoms with Crippen LogP contribution >= 0.6 is 0 Å². The molecule has 0 bridgehead atoms. The average Bonchev–Trinajstić information content (AvgIpc) is 2.72. The molecular weight excluding hydrogens is 440 g/mol. The van der Waals surface area contributed by atoms with Gasteiger partial charge in [0, 0.05) is 28.1 Å². The van der Waals surface area contributed by atoms with E-state index in [0.29, 0.717) is 5.56 Å². The van der Waals surface area contributed by atoms with Gasteiger partial charge < -0.3 is 11.1 Å². The Morgan fingerprint density at radius 1 is 0.938 bits per heavy atom. The summed E-state index contributed by atoms with van der Waals surface area (Å²) >= 11 is 0. The third-order valence-corrected chi connectivity index (χ3v) is 6.12. The Labute approximate surface area is 183 Å². The second kappa shape index (κ2) is 8.75. The first kappa shape index (κ1) is 22.9. The van der Waals surface area contributed by atoms with Crippen molar-refractivity contribution in [3.63, 3.8) is 0 Å². The molecule has 4 N–H and O–H groups in total. The number of anilines is 2. The molecule has 0 aromatic heterocycles. The summed E-state index contributed by atoms with van der Waals surface area (Å²) in [5.41, 5.74) is 5.82. The van der Waals surface area contributed by atoms with Crippen LogP contribution in [0.2, 0.25) is 0 Å². The van der Waals surface area contributed by atoms with Crippen molar-refractivity contribution < 1.29 is 26.8 Å². The lowest BCUT2D eigenvalue weighted by molar-refractivity contribution is 0.0995.